The maximum atomic E-state index is 14.7. The Balaban J connectivity index is 1.27. The third kappa shape index (κ3) is 25.1. The Kier molecular flexibility index (Phi) is 31.5. The van der Waals surface area contributed by atoms with Gasteiger partial charge in [0.1, 0.15) is 36.3 Å². The molecule has 1 heterocycles. The highest BCUT2D eigenvalue weighted by molar-refractivity contribution is 9.11. The number of aliphatic carboxylic acids is 3. The van der Waals surface area contributed by atoms with E-state index in [9.17, 15) is 73.2 Å². The number of carbonyl (C=O) groups is 11. The molecule has 1 saturated heterocycles. The van der Waals surface area contributed by atoms with Crippen molar-refractivity contribution in [2.75, 3.05) is 31.1 Å². The number of nitrogens with one attached hydrogen (secondary N) is 6. The van der Waals surface area contributed by atoms with E-state index < -0.39 is 120 Å². The number of carboxylic acids is 3. The Morgan fingerprint density at radius 1 is 0.652 bits per heavy atom. The largest absolute Gasteiger partial charge is 0.481 e. The van der Waals surface area contributed by atoms with E-state index in [1.807, 2.05) is 12.1 Å². The zero-order valence-electron chi connectivity index (χ0n) is 52.1. The van der Waals surface area contributed by atoms with Crippen LogP contribution in [-0.4, -0.2) is 174 Å². The molecule has 2 aliphatic rings. The smallest absolute Gasteiger partial charge is 0.326 e. The predicted octanol–water partition coefficient (Wildman–Crippen LogP) is 4.17. The number of imide groups is 1. The van der Waals surface area contributed by atoms with Crippen molar-refractivity contribution in [3.8, 4) is 0 Å². The second-order valence-electron chi connectivity index (χ2n) is 23.9. The molecule has 8 atom stereocenters. The molecule has 92 heavy (non-hydrogen) atoms. The number of aliphatic hydroxyl groups excluding tert-OH is 1. The van der Waals surface area contributed by atoms with Gasteiger partial charge in [0.2, 0.25) is 47.3 Å². The number of anilines is 1. The molecule has 0 radical (unpaired) electrons. The number of unbranched alkanes of at least 4 members (excludes halogenated alkanes) is 2. The van der Waals surface area contributed by atoms with Crippen LogP contribution in [0.25, 0.3) is 0 Å². The van der Waals surface area contributed by atoms with Crippen LogP contribution in [0.3, 0.4) is 0 Å². The van der Waals surface area contributed by atoms with Crippen molar-refractivity contribution >= 4 is 114 Å². The van der Waals surface area contributed by atoms with Crippen LogP contribution in [-0.2, 0) is 72.1 Å². The lowest BCUT2D eigenvalue weighted by molar-refractivity contribution is -0.144. The van der Waals surface area contributed by atoms with Crippen LogP contribution in [0.1, 0.15) is 127 Å². The minimum Gasteiger partial charge on any atom is -0.481 e. The van der Waals surface area contributed by atoms with Gasteiger partial charge >= 0.3 is 17.9 Å². The molecule has 5 rings (SSSR count). The number of carboxylic acid groups (broad SMARTS) is 3. The number of nitrogen functional groups attached to an aromatic ring is 1. The fourth-order valence-electron chi connectivity index (χ4n) is 10.9. The average Bonchev–Trinajstić information content (AvgIpc) is 1.51. The lowest BCUT2D eigenvalue weighted by Gasteiger charge is -2.36. The van der Waals surface area contributed by atoms with Crippen LogP contribution in [0, 0.1) is 11.8 Å². The topological polar surface area (TPSA) is 399 Å². The van der Waals surface area contributed by atoms with Gasteiger partial charge in [-0.15, -0.1) is 11.8 Å². The summed E-state index contributed by atoms with van der Waals surface area (Å²) in [6.45, 7) is 6.72. The van der Waals surface area contributed by atoms with Gasteiger partial charge in [-0.3, -0.25) is 57.7 Å². The molecule has 0 bridgehead atoms. The number of amides is 8. The van der Waals surface area contributed by atoms with Gasteiger partial charge in [-0.05, 0) is 134 Å². The number of thioether (sulfide) groups is 1. The van der Waals surface area contributed by atoms with Gasteiger partial charge in [0.25, 0.3) is 0 Å². The molecule has 3 aromatic rings. The van der Waals surface area contributed by atoms with Crippen LogP contribution in [0.4, 0.5) is 5.69 Å². The highest BCUT2D eigenvalue weighted by Gasteiger charge is 2.40. The SMILES string of the molecule is CC(C)CC(NC(=O)C(CCC(=O)O)NC(=O)C(CC(=O)O)NC(=O)C(CCCCN)NC(=O)C(Cc1ccccc1)NC(=O)C(Cc1ccccc1)NC(=O)C(C)CSC1CC(=O)N(CCCCN(Cc2cc(Br)cc(Br)c2N)[C@H]2CC[C@H](O)CC2)C1=O)C(=O)O. The van der Waals surface area contributed by atoms with E-state index in [0.29, 0.717) is 62.0 Å². The maximum Gasteiger partial charge on any atom is 0.326 e. The molecular weight excluding hydrogens is 1340 g/mol. The van der Waals surface area contributed by atoms with Gasteiger partial charge in [-0.1, -0.05) is 97.4 Å². The summed E-state index contributed by atoms with van der Waals surface area (Å²) in [7, 11) is 0. The molecule has 28 heteroatoms. The first kappa shape index (κ1) is 75.7. The van der Waals surface area contributed by atoms with Crippen molar-refractivity contribution in [1.82, 2.24) is 41.7 Å². The second kappa shape index (κ2) is 38.3. The van der Waals surface area contributed by atoms with Crippen LogP contribution < -0.4 is 43.4 Å². The molecule has 2 fully saturated rings. The lowest BCUT2D eigenvalue weighted by Crippen LogP contribution is -2.60. The Bertz CT molecular complexity index is 3020. The predicted molar refractivity (Wildman–Crippen MR) is 352 cm³/mol. The maximum absolute atomic E-state index is 14.7. The van der Waals surface area contributed by atoms with E-state index in [2.05, 4.69) is 68.7 Å². The number of carbonyl (C=O) groups excluding carboxylic acids is 8. The van der Waals surface area contributed by atoms with E-state index in [-0.39, 0.29) is 87.2 Å². The molecule has 8 amide bonds. The number of nitrogens with two attached hydrogens (primary N) is 2. The number of hydrogen-bond acceptors (Lipinski definition) is 16. The fourth-order valence-corrected chi connectivity index (χ4v) is 13.4. The monoisotopic (exact) mass is 1430 g/mol. The minimum atomic E-state index is -1.92. The van der Waals surface area contributed by atoms with Crippen molar-refractivity contribution in [3.63, 3.8) is 0 Å². The van der Waals surface area contributed by atoms with Crippen molar-refractivity contribution in [2.45, 2.75) is 184 Å². The van der Waals surface area contributed by atoms with Gasteiger partial charge in [-0.2, -0.15) is 0 Å². The normalized spacial score (nSPS) is 18.0. The number of hydrogen-bond donors (Lipinski definition) is 12. The number of halogens is 2. The minimum absolute atomic E-state index is 0.0187. The molecule has 14 N–H and O–H groups in total. The van der Waals surface area contributed by atoms with Crippen molar-refractivity contribution in [3.05, 3.63) is 98.4 Å². The van der Waals surface area contributed by atoms with Crippen LogP contribution in [0.2, 0.25) is 0 Å². The van der Waals surface area contributed by atoms with Gasteiger partial charge < -0.3 is 63.8 Å². The van der Waals surface area contributed by atoms with E-state index in [0.717, 1.165) is 27.4 Å². The molecule has 8 unspecified atom stereocenters. The van der Waals surface area contributed by atoms with Crippen molar-refractivity contribution in [2.24, 2.45) is 17.6 Å². The van der Waals surface area contributed by atoms with Crippen LogP contribution >= 0.6 is 43.6 Å². The third-order valence-corrected chi connectivity index (χ3v) is 18.6. The average molecular weight is 1430 g/mol. The number of likely N-dealkylation sites (tertiary alicyclic amines) is 1. The standard InChI is InChI=1S/C64H88Br2N10O15S/c1-37(2)28-51(64(90)91)74-59(85)47(23-24-54(79)80)70-62(88)50(33-55(81)82)73-58(84)46(18-10-11-25-67)69-60(86)49(30-40-16-8-5-9-17-40)72-61(87)48(29-39-14-6-4-7-15-39)71-57(83)38(3)36-92-52-34-53(78)76(63(52)89)27-13-12-26-75(43-19-21-44(77)22-20-43)35-41-31-42(65)32-45(66)56(41)68/h4-9,14-17,31-32,37-38,43-44,46-52,77H,10-13,18-30,33-36,67-68H2,1-3H3,(H,69,86)(H,70,88)(H,71,83)(H,72,87)(H,73,84)(H,74,85)(H,79,80)(H,81,82)(H,90,91)/t38?,43-,44-,46?,47?,48?,49?,50?,51?,52?. The summed E-state index contributed by atoms with van der Waals surface area (Å²) in [6, 6.07) is 12.2. The molecule has 3 aromatic carbocycles. The molecule has 504 valence electrons. The van der Waals surface area contributed by atoms with Crippen molar-refractivity contribution in [1.29, 1.82) is 0 Å². The van der Waals surface area contributed by atoms with Gasteiger partial charge in [0, 0.05) is 65.4 Å². The molecule has 1 aliphatic heterocycles. The summed E-state index contributed by atoms with van der Waals surface area (Å²) in [5, 5.41) is 53.7. The van der Waals surface area contributed by atoms with Gasteiger partial charge in [0.05, 0.1) is 23.5 Å². The number of aliphatic hydroxyl groups is 1. The third-order valence-electron chi connectivity index (χ3n) is 16.0. The zero-order chi connectivity index (χ0) is 67.6. The highest BCUT2D eigenvalue weighted by Crippen LogP contribution is 2.32. The molecule has 1 aliphatic carbocycles. The van der Waals surface area contributed by atoms with E-state index in [4.69, 9.17) is 11.5 Å². The first-order chi connectivity index (χ1) is 43.7. The van der Waals surface area contributed by atoms with Crippen molar-refractivity contribution < 1.29 is 73.2 Å². The Morgan fingerprint density at radius 3 is 1.72 bits per heavy atom. The first-order valence-corrected chi connectivity index (χ1v) is 33.7. The van der Waals surface area contributed by atoms with Crippen LogP contribution in [0.15, 0.2) is 81.7 Å². The molecule has 0 spiro atoms. The van der Waals surface area contributed by atoms with Gasteiger partial charge in [-0.25, -0.2) is 4.79 Å². The lowest BCUT2D eigenvalue weighted by atomic mass is 9.91. The summed E-state index contributed by atoms with van der Waals surface area (Å²) >= 11 is 8.29. The molecular formula is C64H88Br2N10O15S. The summed E-state index contributed by atoms with van der Waals surface area (Å²) in [5.41, 5.74) is 15.1. The Hall–Kier alpha value is -6.98. The summed E-state index contributed by atoms with van der Waals surface area (Å²) in [6.07, 6.45) is 1.99. The fraction of sp³-hybridized carbons (Fsp3) is 0.547. The summed E-state index contributed by atoms with van der Waals surface area (Å²) in [4.78, 5) is 152. The summed E-state index contributed by atoms with van der Waals surface area (Å²) < 4.78 is 1.67. The number of nitrogens with zero attached hydrogens (tertiary/aromatic N) is 2. The zero-order valence-corrected chi connectivity index (χ0v) is 56.1. The Morgan fingerprint density at radius 2 is 1.17 bits per heavy atom. The van der Waals surface area contributed by atoms with E-state index in [1.165, 1.54) is 16.7 Å². The summed E-state index contributed by atoms with van der Waals surface area (Å²) in [5.74, 6) is -11.4. The van der Waals surface area contributed by atoms with Gasteiger partial charge in [0.15, 0.2) is 0 Å². The van der Waals surface area contributed by atoms with Crippen LogP contribution in [0.5, 0.6) is 0 Å². The molecule has 0 aromatic heterocycles. The van der Waals surface area contributed by atoms with E-state index in [1.54, 1.807) is 81.4 Å². The molecule has 1 saturated carbocycles. The Labute approximate surface area is 557 Å². The first-order valence-electron chi connectivity index (χ1n) is 31.1. The second-order valence-corrected chi connectivity index (χ2v) is 26.9. The van der Waals surface area contributed by atoms with E-state index >= 15 is 0 Å². The highest BCUT2D eigenvalue weighted by atomic mass is 79.9. The number of rotatable bonds is 39. The molecule has 25 nitrogen and oxygen atoms in total. The number of benzene rings is 3. The quantitative estimate of drug-likeness (QED) is 0.0217.